The lowest BCUT2D eigenvalue weighted by atomic mass is 10.1. The first-order valence-corrected chi connectivity index (χ1v) is 9.95. The second kappa shape index (κ2) is 7.44. The number of pyridine rings is 1. The SMILES string of the molecule is CCN1CCN(C2CCN(C(=O)c3c[nH]c4c(C)cccc4c3=O)C2)CC1. The third-order valence-corrected chi connectivity index (χ3v) is 6.17. The number of nitrogens with one attached hydrogen (secondary N) is 1. The fraction of sp³-hybridized carbons (Fsp3) is 0.524. The molecule has 2 aliphatic rings. The standard InChI is InChI=1S/C21H28N4O2/c1-3-23-9-11-24(12-10-23)16-7-8-25(14-16)21(27)18-13-22-19-15(2)5-4-6-17(19)20(18)26/h4-6,13,16H,3,7-12,14H2,1-2H3,(H,22,26). The normalized spacial score (nSPS) is 21.9. The number of hydrogen-bond acceptors (Lipinski definition) is 4. The van der Waals surface area contributed by atoms with Gasteiger partial charge in [-0.3, -0.25) is 14.5 Å². The number of fused-ring (bicyclic) bond motifs is 1. The molecule has 1 aromatic carbocycles. The first-order chi connectivity index (χ1) is 13.1. The minimum atomic E-state index is -0.169. The summed E-state index contributed by atoms with van der Waals surface area (Å²) in [5.74, 6) is -0.144. The maximum absolute atomic E-state index is 13.0. The summed E-state index contributed by atoms with van der Waals surface area (Å²) >= 11 is 0. The molecule has 2 fully saturated rings. The van der Waals surface area contributed by atoms with Gasteiger partial charge in [0.2, 0.25) is 5.43 Å². The molecule has 1 unspecified atom stereocenters. The van der Waals surface area contributed by atoms with E-state index in [4.69, 9.17) is 0 Å². The van der Waals surface area contributed by atoms with Gasteiger partial charge < -0.3 is 14.8 Å². The summed E-state index contributed by atoms with van der Waals surface area (Å²) in [4.78, 5) is 35.8. The van der Waals surface area contributed by atoms with Crippen molar-refractivity contribution in [2.75, 3.05) is 45.8 Å². The molecule has 1 aromatic heterocycles. The molecule has 0 spiro atoms. The van der Waals surface area contributed by atoms with Crippen LogP contribution in [-0.2, 0) is 0 Å². The number of aromatic amines is 1. The van der Waals surface area contributed by atoms with Crippen LogP contribution in [0.1, 0.15) is 29.3 Å². The van der Waals surface area contributed by atoms with Gasteiger partial charge in [0.25, 0.3) is 5.91 Å². The molecule has 144 valence electrons. The van der Waals surface area contributed by atoms with Crippen LogP contribution in [0.3, 0.4) is 0 Å². The molecule has 1 atom stereocenters. The Balaban J connectivity index is 1.49. The van der Waals surface area contributed by atoms with E-state index in [1.165, 1.54) is 0 Å². The van der Waals surface area contributed by atoms with Gasteiger partial charge in [0.15, 0.2) is 0 Å². The number of likely N-dealkylation sites (N-methyl/N-ethyl adjacent to an activating group) is 1. The van der Waals surface area contributed by atoms with Gasteiger partial charge in [0.1, 0.15) is 5.56 Å². The van der Waals surface area contributed by atoms with Gasteiger partial charge in [-0.05, 0) is 31.5 Å². The van der Waals surface area contributed by atoms with Crippen LogP contribution in [0.5, 0.6) is 0 Å². The van der Waals surface area contributed by atoms with E-state index in [1.54, 1.807) is 12.3 Å². The van der Waals surface area contributed by atoms with E-state index in [0.717, 1.165) is 63.3 Å². The molecule has 0 radical (unpaired) electrons. The van der Waals surface area contributed by atoms with Gasteiger partial charge in [-0.1, -0.05) is 19.1 Å². The van der Waals surface area contributed by atoms with Crippen molar-refractivity contribution in [3.05, 3.63) is 45.7 Å². The number of likely N-dealkylation sites (tertiary alicyclic amines) is 1. The smallest absolute Gasteiger partial charge is 0.259 e. The summed E-state index contributed by atoms with van der Waals surface area (Å²) in [6.07, 6.45) is 2.58. The van der Waals surface area contributed by atoms with Crippen molar-refractivity contribution in [3.8, 4) is 0 Å². The van der Waals surface area contributed by atoms with E-state index in [0.29, 0.717) is 11.4 Å². The van der Waals surface area contributed by atoms with E-state index in [1.807, 2.05) is 24.0 Å². The van der Waals surface area contributed by atoms with Crippen molar-refractivity contribution in [1.82, 2.24) is 19.7 Å². The zero-order valence-corrected chi connectivity index (χ0v) is 16.2. The summed E-state index contributed by atoms with van der Waals surface area (Å²) in [5, 5.41) is 0.590. The fourth-order valence-corrected chi connectivity index (χ4v) is 4.40. The molecular weight excluding hydrogens is 340 g/mol. The third kappa shape index (κ3) is 3.39. The maximum Gasteiger partial charge on any atom is 0.259 e. The largest absolute Gasteiger partial charge is 0.360 e. The highest BCUT2D eigenvalue weighted by Crippen LogP contribution is 2.20. The third-order valence-electron chi connectivity index (χ3n) is 6.17. The highest BCUT2D eigenvalue weighted by Gasteiger charge is 2.33. The summed E-state index contributed by atoms with van der Waals surface area (Å²) in [5.41, 5.74) is 1.91. The van der Waals surface area contributed by atoms with Gasteiger partial charge in [0, 0.05) is 56.9 Å². The Morgan fingerprint density at radius 2 is 1.96 bits per heavy atom. The van der Waals surface area contributed by atoms with Crippen LogP contribution in [0.4, 0.5) is 0 Å². The van der Waals surface area contributed by atoms with E-state index in [2.05, 4.69) is 21.7 Å². The molecule has 27 heavy (non-hydrogen) atoms. The number of nitrogens with zero attached hydrogens (tertiary/aromatic N) is 3. The number of amides is 1. The molecule has 2 aliphatic heterocycles. The van der Waals surface area contributed by atoms with Crippen LogP contribution in [0, 0.1) is 6.92 Å². The van der Waals surface area contributed by atoms with Crippen molar-refractivity contribution in [3.63, 3.8) is 0 Å². The van der Waals surface area contributed by atoms with Gasteiger partial charge in [0.05, 0.1) is 5.52 Å². The molecular formula is C21H28N4O2. The Morgan fingerprint density at radius 1 is 1.19 bits per heavy atom. The summed E-state index contributed by atoms with van der Waals surface area (Å²) in [6.45, 7) is 11.0. The number of aryl methyl sites for hydroxylation is 1. The molecule has 2 aromatic rings. The number of rotatable bonds is 3. The molecule has 0 saturated carbocycles. The Bertz CT molecular complexity index is 899. The summed E-state index contributed by atoms with van der Waals surface area (Å²) < 4.78 is 0. The molecule has 2 saturated heterocycles. The van der Waals surface area contributed by atoms with Gasteiger partial charge in [-0.25, -0.2) is 0 Å². The molecule has 1 N–H and O–H groups in total. The van der Waals surface area contributed by atoms with Crippen molar-refractivity contribution in [1.29, 1.82) is 0 Å². The molecule has 6 nitrogen and oxygen atoms in total. The Hall–Kier alpha value is -2.18. The number of carbonyl (C=O) groups is 1. The predicted octanol–water partition coefficient (Wildman–Crippen LogP) is 1.69. The Labute approximate surface area is 159 Å². The van der Waals surface area contributed by atoms with Crippen molar-refractivity contribution < 1.29 is 4.79 Å². The minimum Gasteiger partial charge on any atom is -0.360 e. The van der Waals surface area contributed by atoms with Gasteiger partial charge in [-0.2, -0.15) is 0 Å². The molecule has 0 bridgehead atoms. The molecule has 6 heteroatoms. The first-order valence-electron chi connectivity index (χ1n) is 9.95. The zero-order chi connectivity index (χ0) is 19.0. The number of H-pyrrole nitrogens is 1. The zero-order valence-electron chi connectivity index (χ0n) is 16.2. The number of hydrogen-bond donors (Lipinski definition) is 1. The second-order valence-electron chi connectivity index (χ2n) is 7.69. The lowest BCUT2D eigenvalue weighted by molar-refractivity contribution is 0.0744. The summed E-state index contributed by atoms with van der Waals surface area (Å²) in [7, 11) is 0. The Morgan fingerprint density at radius 3 is 2.70 bits per heavy atom. The highest BCUT2D eigenvalue weighted by molar-refractivity contribution is 5.97. The molecule has 4 rings (SSSR count). The number of aromatic nitrogens is 1. The van der Waals surface area contributed by atoms with E-state index >= 15 is 0 Å². The minimum absolute atomic E-state index is 0.144. The average molecular weight is 368 g/mol. The lowest BCUT2D eigenvalue weighted by Gasteiger charge is -2.37. The molecule has 3 heterocycles. The van der Waals surface area contributed by atoms with Crippen molar-refractivity contribution in [2.45, 2.75) is 26.3 Å². The van der Waals surface area contributed by atoms with E-state index < -0.39 is 0 Å². The molecule has 1 amide bonds. The number of carbonyl (C=O) groups excluding carboxylic acids is 1. The van der Waals surface area contributed by atoms with Crippen molar-refractivity contribution >= 4 is 16.8 Å². The van der Waals surface area contributed by atoms with Crippen LogP contribution in [0.25, 0.3) is 10.9 Å². The topological polar surface area (TPSA) is 59.6 Å². The van der Waals surface area contributed by atoms with Gasteiger partial charge in [-0.15, -0.1) is 0 Å². The monoisotopic (exact) mass is 368 g/mol. The van der Waals surface area contributed by atoms with Crippen LogP contribution >= 0.6 is 0 Å². The van der Waals surface area contributed by atoms with Gasteiger partial charge >= 0.3 is 0 Å². The highest BCUT2D eigenvalue weighted by atomic mass is 16.2. The Kier molecular flexibility index (Phi) is 5.02. The number of benzene rings is 1. The van der Waals surface area contributed by atoms with E-state index in [-0.39, 0.29) is 16.9 Å². The maximum atomic E-state index is 13.0. The van der Waals surface area contributed by atoms with Crippen molar-refractivity contribution in [2.24, 2.45) is 0 Å². The molecule has 0 aliphatic carbocycles. The van der Waals surface area contributed by atoms with Crippen LogP contribution in [-0.4, -0.2) is 77.4 Å². The average Bonchev–Trinajstić information content (AvgIpc) is 3.19. The van der Waals surface area contributed by atoms with Crippen LogP contribution in [0.2, 0.25) is 0 Å². The van der Waals surface area contributed by atoms with Crippen LogP contribution < -0.4 is 5.43 Å². The van der Waals surface area contributed by atoms with E-state index in [9.17, 15) is 9.59 Å². The summed E-state index contributed by atoms with van der Waals surface area (Å²) in [6, 6.07) is 6.03. The number of para-hydroxylation sites is 1. The quantitative estimate of drug-likeness (QED) is 0.896. The van der Waals surface area contributed by atoms with Crippen LogP contribution in [0.15, 0.2) is 29.2 Å². The number of piperazine rings is 1. The second-order valence-corrected chi connectivity index (χ2v) is 7.69. The fourth-order valence-electron chi connectivity index (χ4n) is 4.40. The lowest BCUT2D eigenvalue weighted by Crippen LogP contribution is -2.51. The first kappa shape index (κ1) is 18.2. The predicted molar refractivity (Wildman–Crippen MR) is 107 cm³/mol.